The molecule has 0 saturated carbocycles. The van der Waals surface area contributed by atoms with Crippen LogP contribution >= 0.6 is 15.9 Å². The minimum Gasteiger partial charge on any atom is -0.376 e. The Morgan fingerprint density at radius 2 is 0.471 bits per heavy atom. The van der Waals surface area contributed by atoms with Crippen molar-refractivity contribution in [2.24, 2.45) is 0 Å². The summed E-state index contributed by atoms with van der Waals surface area (Å²) in [6.45, 7) is 5.72. The van der Waals surface area contributed by atoms with Gasteiger partial charge in [-0.25, -0.2) is 0 Å². The van der Waals surface area contributed by atoms with Gasteiger partial charge < -0.3 is 17.1 Å². The van der Waals surface area contributed by atoms with E-state index in [9.17, 15) is 19.8 Å². The van der Waals surface area contributed by atoms with Crippen LogP contribution < -0.4 is 37.7 Å². The predicted octanol–water partition coefficient (Wildman–Crippen LogP) is 28.0. The third kappa shape index (κ3) is 20.2. The third-order valence-corrected chi connectivity index (χ3v) is 26.1. The molecule has 0 amide bonds. The van der Waals surface area contributed by atoms with Crippen LogP contribution in [0.2, 0.25) is 0 Å². The summed E-state index contributed by atoms with van der Waals surface area (Å²) in [6.07, 6.45) is 2.28. The van der Waals surface area contributed by atoms with Crippen LogP contribution in [0, 0.1) is 13.0 Å². The molecule has 4 nitrogen and oxygen atoms in total. The monoisotopic (exact) mass is 1830 g/mol. The van der Waals surface area contributed by atoms with Gasteiger partial charge in [-0.05, 0) is 208 Å². The van der Waals surface area contributed by atoms with Crippen LogP contribution in [0.3, 0.4) is 0 Å². The van der Waals surface area contributed by atoms with E-state index in [1.165, 1.54) is 105 Å². The Labute approximate surface area is 841 Å². The van der Waals surface area contributed by atoms with Crippen molar-refractivity contribution < 1.29 is 57.5 Å². The Hall–Kier alpha value is -14.9. The average molecular weight is 1830 g/mol. The van der Waals surface area contributed by atoms with Crippen molar-refractivity contribution in [3.63, 3.8) is 0 Å². The SMILES string of the molecule is Brc1ccc(-c2ccccc2)cc1.C.O=C1c2ccccc2C(=O)c2cc3ccccc3cc21.OC1(c2ccc(-c3ccccc3)cc2)c2ccccc2C(O)(c2ccc(-c3ccccc3)cc2)c2cc3ccccc3cc21.[CH2-]CCC.[Li+].[Li+].[c-]1ccc(-c2ccccc2)cc1.c1ccc(-c2ccc(-c3c4ccccc4c(-c4ccc(-c5ccccc5)cc4)c4cc5ccccc5cc34)cc2)cc1. The van der Waals surface area contributed by atoms with Crippen LogP contribution in [0.25, 0.3) is 143 Å². The van der Waals surface area contributed by atoms with E-state index in [4.69, 9.17) is 0 Å². The second-order valence-electron chi connectivity index (χ2n) is 33.9. The topological polar surface area (TPSA) is 74.6 Å². The number of hydrogen-bond donors (Lipinski definition) is 2. The maximum atomic E-state index is 13.0. The molecule has 22 aromatic rings. The molecule has 2 aliphatic rings. The zero-order valence-electron chi connectivity index (χ0n) is 76.7. The number of ketones is 2. The quantitative estimate of drug-likeness (QED) is 0.0769. The van der Waals surface area contributed by atoms with Crippen molar-refractivity contribution in [3.8, 4) is 89.0 Å². The molecule has 0 bridgehead atoms. The zero-order chi connectivity index (χ0) is 92.0. The summed E-state index contributed by atoms with van der Waals surface area (Å²) in [5, 5.41) is 37.6. The van der Waals surface area contributed by atoms with Gasteiger partial charge in [0.15, 0.2) is 11.6 Å². The molecular weight excluding hydrogens is 1730 g/mol. The summed E-state index contributed by atoms with van der Waals surface area (Å²) < 4.78 is 1.12. The van der Waals surface area contributed by atoms with E-state index in [2.05, 4.69) is 351 Å². The second-order valence-corrected chi connectivity index (χ2v) is 34.8. The number of aliphatic hydroxyl groups is 2. The average Bonchev–Trinajstić information content (AvgIpc) is 0.781. The molecule has 22 aromatic carbocycles. The van der Waals surface area contributed by atoms with E-state index in [1.807, 2.05) is 170 Å². The van der Waals surface area contributed by atoms with Gasteiger partial charge in [0.05, 0.1) is 0 Å². The van der Waals surface area contributed by atoms with Crippen LogP contribution in [-0.4, -0.2) is 21.8 Å². The van der Waals surface area contributed by atoms with Gasteiger partial charge in [-0.1, -0.05) is 473 Å². The van der Waals surface area contributed by atoms with Crippen molar-refractivity contribution in [3.05, 3.63) is 583 Å². The summed E-state index contributed by atoms with van der Waals surface area (Å²) in [6, 6.07) is 177. The Balaban J connectivity index is 0.000000134. The van der Waals surface area contributed by atoms with Crippen molar-refractivity contribution >= 4 is 81.4 Å². The van der Waals surface area contributed by atoms with E-state index in [-0.39, 0.29) is 56.7 Å². The number of fused-ring (bicyclic) bond motifs is 9. The second kappa shape index (κ2) is 44.3. The molecule has 138 heavy (non-hydrogen) atoms. The molecule has 0 aliphatic heterocycles. The Kier molecular flexibility index (Phi) is 30.9. The first kappa shape index (κ1) is 96.2. The molecular formula is C131H99BrLi2O4. The van der Waals surface area contributed by atoms with E-state index in [0.717, 1.165) is 65.8 Å². The fraction of sp³-hybridized carbons (Fsp3) is 0.0458. The fourth-order valence-corrected chi connectivity index (χ4v) is 18.9. The van der Waals surface area contributed by atoms with Crippen LogP contribution in [0.1, 0.15) is 92.4 Å². The van der Waals surface area contributed by atoms with Gasteiger partial charge >= 0.3 is 37.7 Å². The zero-order valence-corrected chi connectivity index (χ0v) is 78.3. The summed E-state index contributed by atoms with van der Waals surface area (Å²) in [5.74, 6) is -0.137. The standard InChI is InChI=1S/C42H30O2.C42H28.C18H10O2.C12H9Br.C12H9.C4H9.CH4.2Li/c43-41(35-23-19-31(20-24-35)29-11-3-1-4-12-29)37-17-9-10-18-38(37)42(44,40-28-34-16-8-7-15-33(34)27-39(40)41)36-25-21-32(22-26-36)30-13-5-2-6-14-30;1-3-11-29(12-4-1)31-19-23-33(24-20-31)41-37-17-9-10-18-38(37)42(40-28-36-16-8-7-15-35(36)27-39(40)41)34-25-21-32(22-26-34)30-13-5-2-6-14-30;19-17-13-7-3-4-8-14(13)18(20)16-10-12-6-2-1-5-11(12)9-15(16)17;13-12-8-6-11(7-9-12)10-4-2-1-3-5-10;1-3-7-11(8-4-1)12-9-5-2-6-10-12;1-3-4-2;;;/h1-28,43-44H;1-28H;1-10H;1-9H;1,3-10H;1,3-4H2,2H3;1H4;;/q;;;;2*-1;;2*+1. The summed E-state index contributed by atoms with van der Waals surface area (Å²) in [4.78, 5) is 25.1. The van der Waals surface area contributed by atoms with Crippen LogP contribution in [0.15, 0.2) is 514 Å². The molecule has 0 fully saturated rings. The molecule has 2 aliphatic carbocycles. The largest absolute Gasteiger partial charge is 1.00 e. The van der Waals surface area contributed by atoms with Crippen molar-refractivity contribution in [2.45, 2.75) is 38.4 Å². The molecule has 656 valence electrons. The van der Waals surface area contributed by atoms with Gasteiger partial charge in [0.1, 0.15) is 11.2 Å². The molecule has 2 atom stereocenters. The maximum Gasteiger partial charge on any atom is 1.00 e. The first-order valence-electron chi connectivity index (χ1n) is 45.8. The fourth-order valence-electron chi connectivity index (χ4n) is 18.6. The molecule has 2 N–H and O–H groups in total. The smallest absolute Gasteiger partial charge is 0.376 e. The molecule has 24 rings (SSSR count). The molecule has 0 radical (unpaired) electrons. The minimum absolute atomic E-state index is 0. The van der Waals surface area contributed by atoms with E-state index >= 15 is 0 Å². The van der Waals surface area contributed by atoms with Crippen molar-refractivity contribution in [1.82, 2.24) is 0 Å². The number of halogens is 1. The van der Waals surface area contributed by atoms with E-state index in [0.29, 0.717) is 44.5 Å². The van der Waals surface area contributed by atoms with Crippen molar-refractivity contribution in [1.29, 1.82) is 0 Å². The third-order valence-electron chi connectivity index (χ3n) is 25.6. The number of benzene rings is 22. The number of rotatable bonds is 11. The normalized spacial score (nSPS) is 13.4. The van der Waals surface area contributed by atoms with Gasteiger partial charge in [-0.3, -0.25) is 9.59 Å². The maximum absolute atomic E-state index is 13.0. The van der Waals surface area contributed by atoms with Gasteiger partial charge in [-0.15, -0.1) is 5.56 Å². The summed E-state index contributed by atoms with van der Waals surface area (Å²) in [5.41, 5.74) is 22.6. The van der Waals surface area contributed by atoms with Crippen LogP contribution in [0.5, 0.6) is 0 Å². The molecule has 0 heterocycles. The number of carbonyl (C=O) groups excluding carboxylic acids is 2. The Morgan fingerprint density at radius 1 is 0.246 bits per heavy atom. The number of carbonyl (C=O) groups is 2. The minimum atomic E-state index is -1.48. The predicted molar refractivity (Wildman–Crippen MR) is 574 cm³/mol. The summed E-state index contributed by atoms with van der Waals surface area (Å²) in [7, 11) is 0. The van der Waals surface area contributed by atoms with Crippen molar-refractivity contribution in [2.75, 3.05) is 0 Å². The molecule has 0 spiro atoms. The number of hydrogen-bond acceptors (Lipinski definition) is 4. The van der Waals surface area contributed by atoms with Gasteiger partial charge in [-0.2, -0.15) is 36.8 Å². The van der Waals surface area contributed by atoms with Gasteiger partial charge in [0, 0.05) is 37.9 Å². The van der Waals surface area contributed by atoms with Gasteiger partial charge in [0.2, 0.25) is 0 Å². The summed E-state index contributed by atoms with van der Waals surface area (Å²) >= 11 is 3.42. The van der Waals surface area contributed by atoms with E-state index < -0.39 is 11.2 Å². The van der Waals surface area contributed by atoms with E-state index in [1.54, 1.807) is 24.3 Å². The molecule has 2 unspecified atom stereocenters. The molecule has 0 saturated heterocycles. The Bertz CT molecular complexity index is 7500. The molecule has 7 heteroatoms. The number of unbranched alkanes of at least 4 members (excludes halogenated alkanes) is 1. The first-order chi connectivity index (χ1) is 66.4. The van der Waals surface area contributed by atoms with Crippen LogP contribution in [0.4, 0.5) is 0 Å². The van der Waals surface area contributed by atoms with Gasteiger partial charge in [0.25, 0.3) is 0 Å². The molecule has 0 aromatic heterocycles. The Morgan fingerprint density at radius 3 is 0.768 bits per heavy atom. The first-order valence-corrected chi connectivity index (χ1v) is 46.6. The van der Waals surface area contributed by atoms with Crippen LogP contribution in [-0.2, 0) is 11.2 Å².